The number of hydrogen-bond donors (Lipinski definition) is 0. The molecule has 0 unspecified atom stereocenters. The highest BCUT2D eigenvalue weighted by Crippen LogP contribution is 2.16. The molecule has 1 aromatic carbocycles. The Morgan fingerprint density at radius 3 is 2.59 bits per heavy atom. The van der Waals surface area contributed by atoms with E-state index in [0.717, 1.165) is 5.01 Å². The summed E-state index contributed by atoms with van der Waals surface area (Å²) in [6.45, 7) is 0.300. The van der Waals surface area contributed by atoms with E-state index in [9.17, 15) is 8.42 Å². The number of aromatic nitrogens is 1. The van der Waals surface area contributed by atoms with Crippen molar-refractivity contribution in [3.8, 4) is 0 Å². The molecule has 1 aromatic heterocycles. The van der Waals surface area contributed by atoms with Crippen molar-refractivity contribution in [2.45, 2.75) is 11.4 Å². The normalized spacial score (nSPS) is 11.9. The van der Waals surface area contributed by atoms with E-state index in [2.05, 4.69) is 4.98 Å². The Bertz CT molecular complexity index is 565. The van der Waals surface area contributed by atoms with Crippen molar-refractivity contribution in [2.24, 2.45) is 0 Å². The highest BCUT2D eigenvalue weighted by molar-refractivity contribution is 7.89. The minimum absolute atomic E-state index is 0.300. The van der Waals surface area contributed by atoms with E-state index in [1.807, 2.05) is 5.38 Å². The number of hydrogen-bond acceptors (Lipinski definition) is 4. The first-order chi connectivity index (χ1) is 8.10. The van der Waals surface area contributed by atoms with E-state index in [4.69, 9.17) is 0 Å². The zero-order chi connectivity index (χ0) is 12.3. The Balaban J connectivity index is 2.22. The van der Waals surface area contributed by atoms with Crippen LogP contribution >= 0.6 is 11.3 Å². The molecule has 6 heteroatoms. The van der Waals surface area contributed by atoms with Crippen LogP contribution in [-0.2, 0) is 16.6 Å². The molecule has 1 heterocycles. The molecule has 2 rings (SSSR count). The summed E-state index contributed by atoms with van der Waals surface area (Å²) in [5.41, 5.74) is 0. The molecular formula is C11H12N2O2S2. The van der Waals surface area contributed by atoms with E-state index in [0.29, 0.717) is 11.4 Å². The van der Waals surface area contributed by atoms with E-state index in [1.165, 1.54) is 15.6 Å². The van der Waals surface area contributed by atoms with Gasteiger partial charge in [0.15, 0.2) is 0 Å². The van der Waals surface area contributed by atoms with Crippen LogP contribution in [0.3, 0.4) is 0 Å². The minimum Gasteiger partial charge on any atom is -0.248 e. The van der Waals surface area contributed by atoms with E-state index in [-0.39, 0.29) is 0 Å². The van der Waals surface area contributed by atoms with Crippen molar-refractivity contribution in [2.75, 3.05) is 7.05 Å². The molecule has 0 amide bonds. The summed E-state index contributed by atoms with van der Waals surface area (Å²) in [5.74, 6) is 0. The molecule has 0 spiro atoms. The van der Waals surface area contributed by atoms with Crippen molar-refractivity contribution >= 4 is 21.4 Å². The van der Waals surface area contributed by atoms with E-state index in [1.54, 1.807) is 43.6 Å². The third kappa shape index (κ3) is 2.71. The van der Waals surface area contributed by atoms with Crippen LogP contribution < -0.4 is 0 Å². The molecule has 90 valence electrons. The van der Waals surface area contributed by atoms with Gasteiger partial charge in [-0.05, 0) is 12.1 Å². The lowest BCUT2D eigenvalue weighted by Crippen LogP contribution is -2.26. The van der Waals surface area contributed by atoms with Gasteiger partial charge in [0.05, 0.1) is 11.4 Å². The zero-order valence-corrected chi connectivity index (χ0v) is 10.9. The van der Waals surface area contributed by atoms with E-state index < -0.39 is 10.0 Å². The summed E-state index contributed by atoms with van der Waals surface area (Å²) < 4.78 is 25.6. The highest BCUT2D eigenvalue weighted by Gasteiger charge is 2.20. The largest absolute Gasteiger partial charge is 0.248 e. The van der Waals surface area contributed by atoms with Gasteiger partial charge in [-0.25, -0.2) is 13.4 Å². The molecule has 0 radical (unpaired) electrons. The third-order valence-electron chi connectivity index (χ3n) is 2.29. The van der Waals surface area contributed by atoms with Crippen molar-refractivity contribution in [3.05, 3.63) is 46.9 Å². The lowest BCUT2D eigenvalue weighted by molar-refractivity contribution is 0.466. The molecule has 0 bridgehead atoms. The van der Waals surface area contributed by atoms with Gasteiger partial charge in [-0.3, -0.25) is 0 Å². The fraction of sp³-hybridized carbons (Fsp3) is 0.182. The number of rotatable bonds is 4. The molecule has 2 aromatic rings. The molecule has 0 N–H and O–H groups in total. The van der Waals surface area contributed by atoms with Crippen LogP contribution in [0, 0.1) is 0 Å². The summed E-state index contributed by atoms with van der Waals surface area (Å²) in [6, 6.07) is 8.40. The third-order valence-corrected chi connectivity index (χ3v) is 4.87. The number of nitrogens with zero attached hydrogens (tertiary/aromatic N) is 2. The second-order valence-corrected chi connectivity index (χ2v) is 6.52. The maximum atomic E-state index is 12.2. The van der Waals surface area contributed by atoms with Crippen LogP contribution in [0.15, 0.2) is 46.8 Å². The first-order valence-electron chi connectivity index (χ1n) is 5.00. The fourth-order valence-electron chi connectivity index (χ4n) is 1.38. The fourth-order valence-corrected chi connectivity index (χ4v) is 3.28. The summed E-state index contributed by atoms with van der Waals surface area (Å²) in [7, 11) is -1.86. The number of sulfonamides is 1. The van der Waals surface area contributed by atoms with Gasteiger partial charge in [0, 0.05) is 18.6 Å². The average molecular weight is 268 g/mol. The molecule has 4 nitrogen and oxygen atoms in total. The van der Waals surface area contributed by atoms with Crippen LogP contribution in [0.5, 0.6) is 0 Å². The van der Waals surface area contributed by atoms with Crippen molar-refractivity contribution in [3.63, 3.8) is 0 Å². The van der Waals surface area contributed by atoms with Gasteiger partial charge in [-0.2, -0.15) is 4.31 Å². The van der Waals surface area contributed by atoms with Crippen molar-refractivity contribution in [1.82, 2.24) is 9.29 Å². The Kier molecular flexibility index (Phi) is 3.56. The standard InChI is InChI=1S/C11H12N2O2S2/c1-13(9-11-12-7-8-16-11)17(14,15)10-5-3-2-4-6-10/h2-8H,9H2,1H3. The number of benzene rings is 1. The van der Waals surface area contributed by atoms with Crippen LogP contribution in [0.25, 0.3) is 0 Å². The van der Waals surface area contributed by atoms with E-state index >= 15 is 0 Å². The number of thiazole rings is 1. The molecule has 0 aliphatic carbocycles. The van der Waals surface area contributed by atoms with Crippen LogP contribution in [-0.4, -0.2) is 24.8 Å². The first kappa shape index (κ1) is 12.2. The lowest BCUT2D eigenvalue weighted by Gasteiger charge is -2.15. The molecule has 17 heavy (non-hydrogen) atoms. The monoisotopic (exact) mass is 268 g/mol. The van der Waals surface area contributed by atoms with Gasteiger partial charge in [0.25, 0.3) is 0 Å². The summed E-state index contributed by atoms with van der Waals surface area (Å²) >= 11 is 1.45. The Hall–Kier alpha value is -1.24. The highest BCUT2D eigenvalue weighted by atomic mass is 32.2. The SMILES string of the molecule is CN(Cc1nccs1)S(=O)(=O)c1ccccc1. The van der Waals surface area contributed by atoms with Gasteiger partial charge >= 0.3 is 0 Å². The Morgan fingerprint density at radius 2 is 2.00 bits per heavy atom. The lowest BCUT2D eigenvalue weighted by atomic mass is 10.4. The first-order valence-corrected chi connectivity index (χ1v) is 7.32. The topological polar surface area (TPSA) is 50.3 Å². The zero-order valence-electron chi connectivity index (χ0n) is 9.28. The molecule has 0 aliphatic heterocycles. The maximum Gasteiger partial charge on any atom is 0.243 e. The van der Waals surface area contributed by atoms with Crippen molar-refractivity contribution < 1.29 is 8.42 Å². The summed E-state index contributed by atoms with van der Waals surface area (Å²) in [6.07, 6.45) is 1.67. The van der Waals surface area contributed by atoms with Gasteiger partial charge < -0.3 is 0 Å². The van der Waals surface area contributed by atoms with Gasteiger partial charge in [-0.15, -0.1) is 11.3 Å². The van der Waals surface area contributed by atoms with Crippen molar-refractivity contribution in [1.29, 1.82) is 0 Å². The minimum atomic E-state index is -3.42. The maximum absolute atomic E-state index is 12.2. The van der Waals surface area contributed by atoms with Crippen LogP contribution in [0.1, 0.15) is 5.01 Å². The van der Waals surface area contributed by atoms with Gasteiger partial charge in [-0.1, -0.05) is 18.2 Å². The smallest absolute Gasteiger partial charge is 0.243 e. The Morgan fingerprint density at radius 1 is 1.29 bits per heavy atom. The molecular weight excluding hydrogens is 256 g/mol. The molecule has 0 saturated carbocycles. The summed E-state index contributed by atoms with van der Waals surface area (Å²) in [4.78, 5) is 4.38. The quantitative estimate of drug-likeness (QED) is 0.851. The predicted octanol–water partition coefficient (Wildman–Crippen LogP) is 1.96. The molecule has 0 atom stereocenters. The molecule has 0 saturated heterocycles. The van der Waals surface area contributed by atoms with Gasteiger partial charge in [0.2, 0.25) is 10.0 Å². The molecule has 0 fully saturated rings. The van der Waals surface area contributed by atoms with Gasteiger partial charge in [0.1, 0.15) is 5.01 Å². The van der Waals surface area contributed by atoms with Crippen LogP contribution in [0.4, 0.5) is 0 Å². The Labute approximate surface area is 105 Å². The average Bonchev–Trinajstić information content (AvgIpc) is 2.83. The molecule has 0 aliphatic rings. The predicted molar refractivity (Wildman–Crippen MR) is 67.2 cm³/mol. The second-order valence-electron chi connectivity index (χ2n) is 3.50. The second kappa shape index (κ2) is 4.95. The summed E-state index contributed by atoms with van der Waals surface area (Å²) in [5, 5.41) is 2.62. The van der Waals surface area contributed by atoms with Crippen LogP contribution in [0.2, 0.25) is 0 Å².